The number of ether oxygens (including phenoxy) is 2. The highest BCUT2D eigenvalue weighted by Gasteiger charge is 2.21. The van der Waals surface area contributed by atoms with Gasteiger partial charge in [-0.2, -0.15) is 0 Å². The lowest BCUT2D eigenvalue weighted by atomic mass is 9.81. The second kappa shape index (κ2) is 6.80. The summed E-state index contributed by atoms with van der Waals surface area (Å²) in [5, 5.41) is 3.47. The molecular weight excluding hydrogens is 238 g/mol. The molecule has 0 aliphatic heterocycles. The molecule has 108 valence electrons. The van der Waals surface area contributed by atoms with Crippen LogP contribution >= 0.6 is 0 Å². The van der Waals surface area contributed by atoms with Crippen molar-refractivity contribution in [3.63, 3.8) is 0 Å². The van der Waals surface area contributed by atoms with E-state index in [9.17, 15) is 0 Å². The van der Waals surface area contributed by atoms with Crippen molar-refractivity contribution in [3.8, 4) is 11.5 Å². The van der Waals surface area contributed by atoms with E-state index in [1.165, 1.54) is 5.56 Å². The third-order valence-electron chi connectivity index (χ3n) is 3.47. The van der Waals surface area contributed by atoms with Crippen molar-refractivity contribution in [1.82, 2.24) is 5.32 Å². The van der Waals surface area contributed by atoms with Gasteiger partial charge in [0.05, 0.1) is 14.2 Å². The summed E-state index contributed by atoms with van der Waals surface area (Å²) in [6.45, 7) is 9.87. The Bertz CT molecular complexity index is 400. The highest BCUT2D eigenvalue weighted by molar-refractivity contribution is 5.44. The van der Waals surface area contributed by atoms with Crippen LogP contribution in [-0.4, -0.2) is 26.8 Å². The zero-order chi connectivity index (χ0) is 14.5. The summed E-state index contributed by atoms with van der Waals surface area (Å²) in [4.78, 5) is 0. The zero-order valence-electron chi connectivity index (χ0n) is 13.0. The summed E-state index contributed by atoms with van der Waals surface area (Å²) in [7, 11) is 3.34. The summed E-state index contributed by atoms with van der Waals surface area (Å²) in [6.07, 6.45) is 1.08. The quantitative estimate of drug-likeness (QED) is 0.820. The molecule has 0 heterocycles. The van der Waals surface area contributed by atoms with Crippen LogP contribution in [-0.2, 0) is 5.41 Å². The van der Waals surface area contributed by atoms with Crippen LogP contribution in [0.15, 0.2) is 18.2 Å². The van der Waals surface area contributed by atoms with E-state index < -0.39 is 0 Å². The van der Waals surface area contributed by atoms with Crippen LogP contribution in [0.25, 0.3) is 0 Å². The first-order valence-corrected chi connectivity index (χ1v) is 6.86. The van der Waals surface area contributed by atoms with E-state index >= 15 is 0 Å². The van der Waals surface area contributed by atoms with Crippen molar-refractivity contribution in [2.75, 3.05) is 20.8 Å². The molecular formula is C16H27NO2. The number of rotatable bonds is 7. The highest BCUT2D eigenvalue weighted by atomic mass is 16.5. The molecule has 1 aromatic rings. The van der Waals surface area contributed by atoms with Crippen LogP contribution in [0, 0.1) is 0 Å². The monoisotopic (exact) mass is 265 g/mol. The Morgan fingerprint density at radius 2 is 1.74 bits per heavy atom. The van der Waals surface area contributed by atoms with Gasteiger partial charge in [0.25, 0.3) is 0 Å². The molecule has 0 aliphatic rings. The van der Waals surface area contributed by atoms with Crippen LogP contribution in [0.1, 0.15) is 39.7 Å². The van der Waals surface area contributed by atoms with Gasteiger partial charge >= 0.3 is 0 Å². The summed E-state index contributed by atoms with van der Waals surface area (Å²) in [6, 6.07) is 6.71. The van der Waals surface area contributed by atoms with Gasteiger partial charge in [0.2, 0.25) is 0 Å². The van der Waals surface area contributed by atoms with Gasteiger partial charge in [0.15, 0.2) is 11.5 Å². The molecule has 0 amide bonds. The Hall–Kier alpha value is -1.22. The molecule has 1 N–H and O–H groups in total. The molecule has 3 nitrogen and oxygen atoms in total. The van der Waals surface area contributed by atoms with Gasteiger partial charge in [-0.15, -0.1) is 0 Å². The van der Waals surface area contributed by atoms with Crippen molar-refractivity contribution >= 4 is 0 Å². The predicted molar refractivity (Wildman–Crippen MR) is 80.3 cm³/mol. The Balaban J connectivity index is 2.82. The molecule has 0 spiro atoms. The lowest BCUT2D eigenvalue weighted by molar-refractivity contribution is 0.352. The van der Waals surface area contributed by atoms with Crippen molar-refractivity contribution in [2.24, 2.45) is 0 Å². The van der Waals surface area contributed by atoms with Crippen LogP contribution in [0.2, 0.25) is 0 Å². The fourth-order valence-electron chi connectivity index (χ4n) is 2.07. The van der Waals surface area contributed by atoms with Crippen molar-refractivity contribution in [1.29, 1.82) is 0 Å². The molecule has 19 heavy (non-hydrogen) atoms. The third kappa shape index (κ3) is 4.43. The van der Waals surface area contributed by atoms with Gasteiger partial charge in [-0.1, -0.05) is 33.8 Å². The third-order valence-corrected chi connectivity index (χ3v) is 3.47. The Labute approximate surface area is 117 Å². The van der Waals surface area contributed by atoms with Gasteiger partial charge in [-0.3, -0.25) is 0 Å². The average Bonchev–Trinajstić information content (AvgIpc) is 2.37. The molecule has 0 aromatic heterocycles. The number of nitrogens with one attached hydrogen (secondary N) is 1. The molecule has 0 saturated heterocycles. The second-order valence-electron chi connectivity index (χ2n) is 5.81. The number of hydrogen-bond acceptors (Lipinski definition) is 3. The largest absolute Gasteiger partial charge is 0.493 e. The molecule has 0 aliphatic carbocycles. The molecule has 0 fully saturated rings. The molecule has 0 radical (unpaired) electrons. The first-order chi connectivity index (χ1) is 8.90. The van der Waals surface area contributed by atoms with Gasteiger partial charge in [0.1, 0.15) is 0 Å². The topological polar surface area (TPSA) is 30.5 Å². The van der Waals surface area contributed by atoms with Gasteiger partial charge in [-0.05, 0) is 36.1 Å². The molecule has 0 atom stereocenters. The first-order valence-electron chi connectivity index (χ1n) is 6.86. The van der Waals surface area contributed by atoms with Crippen molar-refractivity contribution < 1.29 is 9.47 Å². The fourth-order valence-corrected chi connectivity index (χ4v) is 2.07. The molecule has 3 heteroatoms. The van der Waals surface area contributed by atoms with E-state index in [0.29, 0.717) is 6.04 Å². The Kier molecular flexibility index (Phi) is 5.67. The van der Waals surface area contributed by atoms with E-state index in [1.54, 1.807) is 14.2 Å². The average molecular weight is 265 g/mol. The molecule has 1 aromatic carbocycles. The van der Waals surface area contributed by atoms with Crippen LogP contribution in [0.4, 0.5) is 0 Å². The maximum atomic E-state index is 5.37. The lowest BCUT2D eigenvalue weighted by Gasteiger charge is -2.27. The number of hydrogen-bond donors (Lipinski definition) is 1. The van der Waals surface area contributed by atoms with Gasteiger partial charge in [0, 0.05) is 6.04 Å². The van der Waals surface area contributed by atoms with Gasteiger partial charge < -0.3 is 14.8 Å². The SMILES string of the molecule is COc1ccc(C(C)(C)CCNC(C)C)cc1OC. The van der Waals surface area contributed by atoms with Crippen LogP contribution < -0.4 is 14.8 Å². The Morgan fingerprint density at radius 1 is 1.11 bits per heavy atom. The van der Waals surface area contributed by atoms with E-state index in [0.717, 1.165) is 24.5 Å². The molecule has 0 bridgehead atoms. The minimum Gasteiger partial charge on any atom is -0.493 e. The summed E-state index contributed by atoms with van der Waals surface area (Å²) in [5.74, 6) is 1.58. The normalized spacial score (nSPS) is 11.7. The van der Waals surface area contributed by atoms with E-state index in [-0.39, 0.29) is 5.41 Å². The standard InChI is InChI=1S/C16H27NO2/c1-12(2)17-10-9-16(3,4)13-7-8-14(18-5)15(11-13)19-6/h7-8,11-12,17H,9-10H2,1-6H3. The maximum Gasteiger partial charge on any atom is 0.161 e. The molecule has 0 saturated carbocycles. The van der Waals surface area contributed by atoms with Crippen LogP contribution in [0.5, 0.6) is 11.5 Å². The number of benzene rings is 1. The number of methoxy groups -OCH3 is 2. The second-order valence-corrected chi connectivity index (χ2v) is 5.81. The summed E-state index contributed by atoms with van der Waals surface area (Å²) in [5.41, 5.74) is 1.39. The minimum atomic E-state index is 0.113. The summed E-state index contributed by atoms with van der Waals surface area (Å²) < 4.78 is 10.7. The predicted octanol–water partition coefficient (Wildman–Crippen LogP) is 3.37. The van der Waals surface area contributed by atoms with E-state index in [1.807, 2.05) is 6.07 Å². The molecule has 1 rings (SSSR count). The smallest absolute Gasteiger partial charge is 0.161 e. The van der Waals surface area contributed by atoms with Crippen molar-refractivity contribution in [3.05, 3.63) is 23.8 Å². The maximum absolute atomic E-state index is 5.37. The summed E-state index contributed by atoms with van der Waals surface area (Å²) >= 11 is 0. The highest BCUT2D eigenvalue weighted by Crippen LogP contribution is 2.34. The fraction of sp³-hybridized carbons (Fsp3) is 0.625. The minimum absolute atomic E-state index is 0.113. The molecule has 0 unspecified atom stereocenters. The van der Waals surface area contributed by atoms with Crippen molar-refractivity contribution in [2.45, 2.75) is 45.6 Å². The Morgan fingerprint density at radius 3 is 2.26 bits per heavy atom. The van der Waals surface area contributed by atoms with E-state index in [4.69, 9.17) is 9.47 Å². The van der Waals surface area contributed by atoms with Crippen LogP contribution in [0.3, 0.4) is 0 Å². The van der Waals surface area contributed by atoms with Gasteiger partial charge in [-0.25, -0.2) is 0 Å². The lowest BCUT2D eigenvalue weighted by Crippen LogP contribution is -2.29. The first kappa shape index (κ1) is 15.8. The zero-order valence-corrected chi connectivity index (χ0v) is 13.0. The van der Waals surface area contributed by atoms with E-state index in [2.05, 4.69) is 45.1 Å².